The van der Waals surface area contributed by atoms with Gasteiger partial charge in [-0.1, -0.05) is 49.7 Å². The normalized spacial score (nSPS) is 11.2. The van der Waals surface area contributed by atoms with Gasteiger partial charge in [-0.25, -0.2) is 0 Å². The average molecular weight is 321 g/mol. The Morgan fingerprint density at radius 3 is 2.58 bits per heavy atom. The van der Waals surface area contributed by atoms with Crippen LogP contribution >= 0.6 is 0 Å². The Labute approximate surface area is 142 Å². The van der Waals surface area contributed by atoms with Crippen LogP contribution in [0.3, 0.4) is 0 Å². The number of amides is 1. The minimum absolute atomic E-state index is 0.00762. The van der Waals surface area contributed by atoms with Crippen molar-refractivity contribution in [2.45, 2.75) is 39.7 Å². The maximum absolute atomic E-state index is 12.3. The van der Waals surface area contributed by atoms with E-state index >= 15 is 0 Å². The predicted molar refractivity (Wildman–Crippen MR) is 97.0 cm³/mol. The lowest BCUT2D eigenvalue weighted by molar-refractivity contribution is -0.120. The van der Waals surface area contributed by atoms with Crippen molar-refractivity contribution in [1.82, 2.24) is 5.32 Å². The van der Waals surface area contributed by atoms with E-state index in [0.29, 0.717) is 18.9 Å². The van der Waals surface area contributed by atoms with Gasteiger partial charge >= 0.3 is 0 Å². The standard InChI is InChI=1S/C21H23NO2/c1-14(2)17-8-9-20-19(10-17)18(13-24-20)11-21(23)22-12-16-6-4-15(3)5-7-16/h4-10,13-14H,11-12H2,1-3H3,(H,22,23). The number of aryl methyl sites for hydroxylation is 1. The van der Waals surface area contributed by atoms with Crippen molar-refractivity contribution < 1.29 is 9.21 Å². The molecular weight excluding hydrogens is 298 g/mol. The van der Waals surface area contributed by atoms with Crippen LogP contribution in [-0.4, -0.2) is 5.91 Å². The lowest BCUT2D eigenvalue weighted by Crippen LogP contribution is -2.24. The van der Waals surface area contributed by atoms with E-state index in [1.165, 1.54) is 11.1 Å². The summed E-state index contributed by atoms with van der Waals surface area (Å²) in [6.45, 7) is 6.92. The van der Waals surface area contributed by atoms with Crippen LogP contribution in [0.4, 0.5) is 0 Å². The quantitative estimate of drug-likeness (QED) is 0.738. The average Bonchev–Trinajstić information content (AvgIpc) is 2.96. The second kappa shape index (κ2) is 6.91. The number of furan rings is 1. The first kappa shape index (κ1) is 16.3. The Morgan fingerprint density at radius 2 is 1.88 bits per heavy atom. The van der Waals surface area contributed by atoms with Crippen LogP contribution in [0.15, 0.2) is 53.1 Å². The fourth-order valence-electron chi connectivity index (χ4n) is 2.74. The van der Waals surface area contributed by atoms with Gasteiger partial charge in [-0.05, 0) is 36.1 Å². The summed E-state index contributed by atoms with van der Waals surface area (Å²) in [5, 5.41) is 4.01. The molecule has 0 radical (unpaired) electrons. The monoisotopic (exact) mass is 321 g/mol. The number of nitrogens with one attached hydrogen (secondary N) is 1. The van der Waals surface area contributed by atoms with E-state index in [2.05, 4.69) is 50.4 Å². The van der Waals surface area contributed by atoms with E-state index in [1.54, 1.807) is 6.26 Å². The molecule has 124 valence electrons. The Kier molecular flexibility index (Phi) is 4.70. The maximum atomic E-state index is 12.3. The van der Waals surface area contributed by atoms with Gasteiger partial charge < -0.3 is 9.73 Å². The lowest BCUT2D eigenvalue weighted by atomic mass is 10.00. The molecule has 1 amide bonds. The van der Waals surface area contributed by atoms with Crippen molar-refractivity contribution in [3.63, 3.8) is 0 Å². The zero-order chi connectivity index (χ0) is 17.1. The largest absolute Gasteiger partial charge is 0.464 e. The van der Waals surface area contributed by atoms with Gasteiger partial charge in [-0.2, -0.15) is 0 Å². The van der Waals surface area contributed by atoms with Gasteiger partial charge in [-0.15, -0.1) is 0 Å². The minimum Gasteiger partial charge on any atom is -0.464 e. The van der Waals surface area contributed by atoms with E-state index < -0.39 is 0 Å². The van der Waals surface area contributed by atoms with E-state index in [1.807, 2.05) is 18.2 Å². The molecule has 24 heavy (non-hydrogen) atoms. The number of fused-ring (bicyclic) bond motifs is 1. The topological polar surface area (TPSA) is 42.2 Å². The van der Waals surface area contributed by atoms with Crippen molar-refractivity contribution in [2.24, 2.45) is 0 Å². The molecule has 0 unspecified atom stereocenters. The molecule has 0 bridgehead atoms. The molecule has 0 saturated carbocycles. The van der Waals surface area contributed by atoms with Crippen molar-refractivity contribution in [1.29, 1.82) is 0 Å². The Balaban J connectivity index is 1.68. The molecule has 0 saturated heterocycles. The highest BCUT2D eigenvalue weighted by Crippen LogP contribution is 2.26. The van der Waals surface area contributed by atoms with Crippen molar-refractivity contribution in [3.8, 4) is 0 Å². The molecule has 2 aromatic carbocycles. The highest BCUT2D eigenvalue weighted by molar-refractivity contribution is 5.88. The van der Waals surface area contributed by atoms with Gasteiger partial charge in [0.05, 0.1) is 12.7 Å². The zero-order valence-electron chi connectivity index (χ0n) is 14.4. The molecule has 0 atom stereocenters. The molecule has 0 aliphatic heterocycles. The molecule has 3 aromatic rings. The summed E-state index contributed by atoms with van der Waals surface area (Å²) in [7, 11) is 0. The molecule has 0 fully saturated rings. The summed E-state index contributed by atoms with van der Waals surface area (Å²) < 4.78 is 5.58. The predicted octanol–water partition coefficient (Wildman–Crippen LogP) is 4.72. The summed E-state index contributed by atoms with van der Waals surface area (Å²) in [5.41, 5.74) is 5.35. The van der Waals surface area contributed by atoms with Gasteiger partial charge in [0.2, 0.25) is 5.91 Å². The first-order chi connectivity index (χ1) is 11.5. The first-order valence-electron chi connectivity index (χ1n) is 8.35. The molecule has 3 nitrogen and oxygen atoms in total. The second-order valence-corrected chi connectivity index (χ2v) is 6.61. The number of hydrogen-bond acceptors (Lipinski definition) is 2. The van der Waals surface area contributed by atoms with Crippen LogP contribution < -0.4 is 5.32 Å². The third-order valence-corrected chi connectivity index (χ3v) is 4.31. The third kappa shape index (κ3) is 3.67. The first-order valence-corrected chi connectivity index (χ1v) is 8.35. The van der Waals surface area contributed by atoms with Crippen LogP contribution in [0.2, 0.25) is 0 Å². The molecule has 1 aromatic heterocycles. The zero-order valence-corrected chi connectivity index (χ0v) is 14.4. The fourth-order valence-corrected chi connectivity index (χ4v) is 2.74. The van der Waals surface area contributed by atoms with Crippen LogP contribution in [0, 0.1) is 6.92 Å². The highest BCUT2D eigenvalue weighted by atomic mass is 16.3. The number of rotatable bonds is 5. The lowest BCUT2D eigenvalue weighted by Gasteiger charge is -2.07. The Hall–Kier alpha value is -2.55. The number of benzene rings is 2. The molecule has 0 spiro atoms. The van der Waals surface area contributed by atoms with Gasteiger partial charge in [0.25, 0.3) is 0 Å². The SMILES string of the molecule is Cc1ccc(CNC(=O)Cc2coc3ccc(C(C)C)cc23)cc1. The van der Waals surface area contributed by atoms with Crippen molar-refractivity contribution in [3.05, 3.63) is 71.0 Å². The summed E-state index contributed by atoms with van der Waals surface area (Å²) in [4.78, 5) is 12.3. The number of carbonyl (C=O) groups is 1. The molecule has 1 N–H and O–H groups in total. The molecule has 0 aliphatic carbocycles. The summed E-state index contributed by atoms with van der Waals surface area (Å²) >= 11 is 0. The smallest absolute Gasteiger partial charge is 0.224 e. The summed E-state index contributed by atoms with van der Waals surface area (Å²) in [6.07, 6.45) is 2.03. The van der Waals surface area contributed by atoms with Gasteiger partial charge in [-0.3, -0.25) is 4.79 Å². The molecule has 3 heteroatoms. The van der Waals surface area contributed by atoms with E-state index in [0.717, 1.165) is 22.1 Å². The molecule has 3 rings (SSSR count). The molecule has 0 aliphatic rings. The van der Waals surface area contributed by atoms with E-state index in [4.69, 9.17) is 4.42 Å². The second-order valence-electron chi connectivity index (χ2n) is 6.61. The minimum atomic E-state index is 0.00762. The fraction of sp³-hybridized carbons (Fsp3) is 0.286. The van der Waals surface area contributed by atoms with Crippen LogP contribution in [0.1, 0.15) is 42.0 Å². The van der Waals surface area contributed by atoms with E-state index in [9.17, 15) is 4.79 Å². The van der Waals surface area contributed by atoms with Gasteiger partial charge in [0.1, 0.15) is 5.58 Å². The molecular formula is C21H23NO2. The maximum Gasteiger partial charge on any atom is 0.224 e. The van der Waals surface area contributed by atoms with Crippen LogP contribution in [-0.2, 0) is 17.8 Å². The van der Waals surface area contributed by atoms with E-state index in [-0.39, 0.29) is 5.91 Å². The Morgan fingerprint density at radius 1 is 1.12 bits per heavy atom. The highest BCUT2D eigenvalue weighted by Gasteiger charge is 2.12. The van der Waals surface area contributed by atoms with Gasteiger partial charge in [0, 0.05) is 17.5 Å². The van der Waals surface area contributed by atoms with Gasteiger partial charge in [0.15, 0.2) is 0 Å². The molecule has 1 heterocycles. The summed E-state index contributed by atoms with van der Waals surface area (Å²) in [5.74, 6) is 0.459. The number of carbonyl (C=O) groups excluding carboxylic acids is 1. The van der Waals surface area contributed by atoms with Crippen molar-refractivity contribution in [2.75, 3.05) is 0 Å². The van der Waals surface area contributed by atoms with Crippen LogP contribution in [0.5, 0.6) is 0 Å². The third-order valence-electron chi connectivity index (χ3n) is 4.31. The van der Waals surface area contributed by atoms with Crippen LogP contribution in [0.25, 0.3) is 11.0 Å². The number of hydrogen-bond donors (Lipinski definition) is 1. The Bertz CT molecular complexity index is 844. The summed E-state index contributed by atoms with van der Waals surface area (Å²) in [6, 6.07) is 14.4. The van der Waals surface area contributed by atoms with Crippen molar-refractivity contribution >= 4 is 16.9 Å².